The molecule has 1 fully saturated rings. The highest BCUT2D eigenvalue weighted by Gasteiger charge is 2.22. The molecule has 0 aliphatic heterocycles. The number of hydrogen-bond acceptors (Lipinski definition) is 1. The van der Waals surface area contributed by atoms with Gasteiger partial charge in [-0.1, -0.05) is 32.0 Å². The Morgan fingerprint density at radius 2 is 1.77 bits per heavy atom. The molecular formula is C12H18S. The van der Waals surface area contributed by atoms with Crippen molar-refractivity contribution in [3.63, 3.8) is 0 Å². The molecule has 1 aromatic carbocycles. The number of thioether (sulfide) groups is 1. The summed E-state index contributed by atoms with van der Waals surface area (Å²) in [5.41, 5.74) is 1.42. The molecule has 0 atom stereocenters. The van der Waals surface area contributed by atoms with E-state index in [9.17, 15) is 0 Å². The minimum absolute atomic E-state index is 0.927. The van der Waals surface area contributed by atoms with E-state index in [-0.39, 0.29) is 0 Å². The van der Waals surface area contributed by atoms with E-state index in [4.69, 9.17) is 0 Å². The van der Waals surface area contributed by atoms with E-state index in [0.717, 1.165) is 5.25 Å². The molecule has 1 aliphatic rings. The Morgan fingerprint density at radius 1 is 1.15 bits per heavy atom. The largest absolute Gasteiger partial charge is 0.122 e. The molecule has 0 spiro atoms. The Hall–Kier alpha value is -0.430. The van der Waals surface area contributed by atoms with Gasteiger partial charge in [-0.05, 0) is 31.4 Å². The second kappa shape index (κ2) is 5.33. The Morgan fingerprint density at radius 3 is 2.31 bits per heavy atom. The number of hydrogen-bond donors (Lipinski definition) is 0. The SMILES string of the molecule is CC.Cc1ccccc1SC1CC1. The fourth-order valence-electron chi connectivity index (χ4n) is 1.05. The topological polar surface area (TPSA) is 0 Å². The van der Waals surface area contributed by atoms with Gasteiger partial charge in [-0.2, -0.15) is 0 Å². The van der Waals surface area contributed by atoms with Crippen LogP contribution in [0.15, 0.2) is 29.2 Å². The van der Waals surface area contributed by atoms with Gasteiger partial charge in [0.25, 0.3) is 0 Å². The monoisotopic (exact) mass is 194 g/mol. The molecule has 13 heavy (non-hydrogen) atoms. The van der Waals surface area contributed by atoms with Crippen molar-refractivity contribution in [1.82, 2.24) is 0 Å². The minimum Gasteiger partial charge on any atom is -0.122 e. The third-order valence-corrected chi connectivity index (χ3v) is 3.43. The van der Waals surface area contributed by atoms with Crippen molar-refractivity contribution in [2.24, 2.45) is 0 Å². The minimum atomic E-state index is 0.927. The van der Waals surface area contributed by atoms with E-state index < -0.39 is 0 Å². The molecule has 0 heterocycles. The first-order chi connectivity index (χ1) is 6.36. The molecule has 1 saturated carbocycles. The molecule has 1 heteroatoms. The number of benzene rings is 1. The summed E-state index contributed by atoms with van der Waals surface area (Å²) in [6, 6.07) is 8.63. The Balaban J connectivity index is 0.000000396. The number of rotatable bonds is 2. The van der Waals surface area contributed by atoms with Crippen molar-refractivity contribution in [2.75, 3.05) is 0 Å². The Bertz CT molecular complexity index is 251. The highest BCUT2D eigenvalue weighted by atomic mass is 32.2. The first kappa shape index (κ1) is 10.6. The van der Waals surface area contributed by atoms with E-state index in [1.807, 2.05) is 25.6 Å². The lowest BCUT2D eigenvalue weighted by atomic mass is 10.2. The molecule has 72 valence electrons. The molecule has 0 unspecified atom stereocenters. The average Bonchev–Trinajstić information content (AvgIpc) is 2.96. The molecule has 0 radical (unpaired) electrons. The van der Waals surface area contributed by atoms with Crippen LogP contribution in [0, 0.1) is 6.92 Å². The van der Waals surface area contributed by atoms with Crippen LogP contribution in [0.5, 0.6) is 0 Å². The maximum atomic E-state index is 2.22. The van der Waals surface area contributed by atoms with E-state index in [0.29, 0.717) is 0 Å². The molecule has 0 nitrogen and oxygen atoms in total. The molecule has 1 aliphatic carbocycles. The molecular weight excluding hydrogens is 176 g/mol. The van der Waals surface area contributed by atoms with Crippen LogP contribution in [0.2, 0.25) is 0 Å². The highest BCUT2D eigenvalue weighted by molar-refractivity contribution is 8.00. The smallest absolute Gasteiger partial charge is 0.0104 e. The normalized spacial score (nSPS) is 14.7. The first-order valence-electron chi connectivity index (χ1n) is 5.08. The van der Waals surface area contributed by atoms with Crippen molar-refractivity contribution in [2.45, 2.75) is 43.8 Å². The van der Waals surface area contributed by atoms with Gasteiger partial charge in [0, 0.05) is 10.1 Å². The lowest BCUT2D eigenvalue weighted by Gasteiger charge is -2.01. The molecule has 0 saturated heterocycles. The van der Waals surface area contributed by atoms with Crippen LogP contribution in [0.4, 0.5) is 0 Å². The van der Waals surface area contributed by atoms with Crippen LogP contribution in [0.25, 0.3) is 0 Å². The predicted molar refractivity (Wildman–Crippen MR) is 61.4 cm³/mol. The molecule has 1 aromatic rings. The van der Waals surface area contributed by atoms with E-state index >= 15 is 0 Å². The maximum absolute atomic E-state index is 2.22. The van der Waals surface area contributed by atoms with Crippen LogP contribution < -0.4 is 0 Å². The second-order valence-electron chi connectivity index (χ2n) is 3.08. The fraction of sp³-hybridized carbons (Fsp3) is 0.500. The van der Waals surface area contributed by atoms with Gasteiger partial charge in [-0.15, -0.1) is 11.8 Å². The van der Waals surface area contributed by atoms with Crippen LogP contribution in [0.3, 0.4) is 0 Å². The van der Waals surface area contributed by atoms with Gasteiger partial charge in [-0.3, -0.25) is 0 Å². The van der Waals surface area contributed by atoms with Gasteiger partial charge < -0.3 is 0 Å². The van der Waals surface area contributed by atoms with Crippen LogP contribution in [-0.2, 0) is 0 Å². The second-order valence-corrected chi connectivity index (χ2v) is 4.42. The van der Waals surface area contributed by atoms with Crippen molar-refractivity contribution in [3.8, 4) is 0 Å². The maximum Gasteiger partial charge on any atom is 0.0104 e. The molecule has 0 aromatic heterocycles. The summed E-state index contributed by atoms with van der Waals surface area (Å²) in [6.07, 6.45) is 2.83. The third-order valence-electron chi connectivity index (χ3n) is 1.91. The van der Waals surface area contributed by atoms with Crippen LogP contribution in [0.1, 0.15) is 32.3 Å². The standard InChI is InChI=1S/C10H12S.C2H6/c1-8-4-2-3-5-10(8)11-9-6-7-9;1-2/h2-5,9H,6-7H2,1H3;1-2H3. The zero-order valence-electron chi connectivity index (χ0n) is 8.71. The predicted octanol–water partition coefficient (Wildman–Crippen LogP) is 4.28. The van der Waals surface area contributed by atoms with Gasteiger partial charge in [0.05, 0.1) is 0 Å². The lowest BCUT2D eigenvalue weighted by Crippen LogP contribution is -1.79. The quantitative estimate of drug-likeness (QED) is 0.677. The average molecular weight is 194 g/mol. The van der Waals surface area contributed by atoms with Gasteiger partial charge in [0.1, 0.15) is 0 Å². The highest BCUT2D eigenvalue weighted by Crippen LogP contribution is 2.40. The molecule has 0 amide bonds. The Labute approximate surface area is 85.7 Å². The van der Waals surface area contributed by atoms with E-state index in [2.05, 4.69) is 31.2 Å². The molecule has 0 bridgehead atoms. The summed E-state index contributed by atoms with van der Waals surface area (Å²) in [6.45, 7) is 6.19. The fourth-order valence-corrected chi connectivity index (χ4v) is 2.20. The summed E-state index contributed by atoms with van der Waals surface area (Å²) in [7, 11) is 0. The van der Waals surface area contributed by atoms with Gasteiger partial charge >= 0.3 is 0 Å². The molecule has 0 N–H and O–H groups in total. The summed E-state index contributed by atoms with van der Waals surface area (Å²) in [4.78, 5) is 1.47. The van der Waals surface area contributed by atoms with Crippen molar-refractivity contribution in [1.29, 1.82) is 0 Å². The third kappa shape index (κ3) is 3.43. The van der Waals surface area contributed by atoms with Crippen molar-refractivity contribution >= 4 is 11.8 Å². The summed E-state index contributed by atoms with van der Waals surface area (Å²) < 4.78 is 0. The van der Waals surface area contributed by atoms with E-state index in [1.54, 1.807) is 0 Å². The van der Waals surface area contributed by atoms with Gasteiger partial charge in [0.15, 0.2) is 0 Å². The van der Waals surface area contributed by atoms with Crippen molar-refractivity contribution in [3.05, 3.63) is 29.8 Å². The lowest BCUT2D eigenvalue weighted by molar-refractivity contribution is 1.29. The summed E-state index contributed by atoms with van der Waals surface area (Å²) in [5.74, 6) is 0. The van der Waals surface area contributed by atoms with E-state index in [1.165, 1.54) is 23.3 Å². The summed E-state index contributed by atoms with van der Waals surface area (Å²) in [5, 5.41) is 0.927. The van der Waals surface area contributed by atoms with Crippen LogP contribution >= 0.6 is 11.8 Å². The first-order valence-corrected chi connectivity index (χ1v) is 5.96. The van der Waals surface area contributed by atoms with Gasteiger partial charge in [-0.25, -0.2) is 0 Å². The van der Waals surface area contributed by atoms with Gasteiger partial charge in [0.2, 0.25) is 0 Å². The zero-order chi connectivity index (χ0) is 9.68. The number of aryl methyl sites for hydroxylation is 1. The summed E-state index contributed by atoms with van der Waals surface area (Å²) >= 11 is 2.04. The van der Waals surface area contributed by atoms with Crippen molar-refractivity contribution < 1.29 is 0 Å². The zero-order valence-corrected chi connectivity index (χ0v) is 9.53. The Kier molecular flexibility index (Phi) is 4.37. The van der Waals surface area contributed by atoms with Crippen LogP contribution in [-0.4, -0.2) is 5.25 Å². The molecule has 2 rings (SSSR count).